The Morgan fingerprint density at radius 3 is 2.65 bits per heavy atom. The van der Waals surface area contributed by atoms with Crippen molar-refractivity contribution >= 4 is 15.7 Å². The molecule has 20 heavy (non-hydrogen) atoms. The van der Waals surface area contributed by atoms with Crippen molar-refractivity contribution in [1.82, 2.24) is 0 Å². The highest BCUT2D eigenvalue weighted by Gasteiger charge is 2.23. The van der Waals surface area contributed by atoms with E-state index in [1.54, 1.807) is 13.0 Å². The molecule has 1 aromatic rings. The number of anilines is 1. The van der Waals surface area contributed by atoms with Gasteiger partial charge in [0.25, 0.3) is 0 Å². The van der Waals surface area contributed by atoms with Crippen molar-refractivity contribution < 1.29 is 8.42 Å². The molecule has 0 amide bonds. The summed E-state index contributed by atoms with van der Waals surface area (Å²) in [5, 5.41) is 8.76. The highest BCUT2D eigenvalue weighted by molar-refractivity contribution is 7.89. The summed E-state index contributed by atoms with van der Waals surface area (Å²) in [5.74, 6) is 0.669. The van der Waals surface area contributed by atoms with E-state index in [9.17, 15) is 8.42 Å². The van der Waals surface area contributed by atoms with Crippen LogP contribution in [0.3, 0.4) is 0 Å². The van der Waals surface area contributed by atoms with Crippen molar-refractivity contribution in [1.29, 1.82) is 0 Å². The average molecular weight is 296 g/mol. The number of sulfonamides is 1. The van der Waals surface area contributed by atoms with Crippen LogP contribution in [0, 0.1) is 12.8 Å². The van der Waals surface area contributed by atoms with Gasteiger partial charge in [0.05, 0.1) is 4.90 Å². The number of nitrogens with two attached hydrogens (primary N) is 1. The van der Waals surface area contributed by atoms with Gasteiger partial charge >= 0.3 is 0 Å². The van der Waals surface area contributed by atoms with Crippen LogP contribution < -0.4 is 10.5 Å². The fourth-order valence-electron chi connectivity index (χ4n) is 3.10. The molecule has 1 aliphatic rings. The Balaban J connectivity index is 2.21. The van der Waals surface area contributed by atoms with Gasteiger partial charge in [0.15, 0.2) is 0 Å². The van der Waals surface area contributed by atoms with Gasteiger partial charge in [0, 0.05) is 11.7 Å². The molecule has 0 aliphatic heterocycles. The molecular formula is C15H24N2O2S. The Labute approximate surface area is 121 Å². The van der Waals surface area contributed by atoms with Gasteiger partial charge in [0.1, 0.15) is 0 Å². The molecule has 0 spiro atoms. The fourth-order valence-corrected chi connectivity index (χ4v) is 3.90. The molecule has 3 N–H and O–H groups in total. The van der Waals surface area contributed by atoms with E-state index in [1.807, 2.05) is 12.1 Å². The van der Waals surface area contributed by atoms with Gasteiger partial charge in [-0.2, -0.15) is 0 Å². The van der Waals surface area contributed by atoms with Crippen molar-refractivity contribution in [2.75, 3.05) is 5.32 Å². The van der Waals surface area contributed by atoms with E-state index in [2.05, 4.69) is 12.2 Å². The Kier molecular flexibility index (Phi) is 4.70. The Bertz CT molecular complexity index is 569. The van der Waals surface area contributed by atoms with E-state index in [-0.39, 0.29) is 4.90 Å². The summed E-state index contributed by atoms with van der Waals surface area (Å²) in [4.78, 5) is 0.214. The van der Waals surface area contributed by atoms with Gasteiger partial charge in [-0.15, -0.1) is 0 Å². The molecule has 0 heterocycles. The molecule has 0 bridgehead atoms. The Hall–Kier alpha value is -1.07. The number of hydrogen-bond donors (Lipinski definition) is 2. The van der Waals surface area contributed by atoms with Crippen LogP contribution in [-0.4, -0.2) is 14.5 Å². The van der Waals surface area contributed by atoms with Gasteiger partial charge in [-0.25, -0.2) is 13.6 Å². The lowest BCUT2D eigenvalue weighted by atomic mass is 9.83. The van der Waals surface area contributed by atoms with Gasteiger partial charge in [-0.3, -0.25) is 0 Å². The number of benzene rings is 1. The first-order valence-electron chi connectivity index (χ1n) is 7.32. The minimum absolute atomic E-state index is 0.214. The molecular weight excluding hydrogens is 272 g/mol. The topological polar surface area (TPSA) is 72.2 Å². The second kappa shape index (κ2) is 6.14. The zero-order valence-corrected chi connectivity index (χ0v) is 13.0. The van der Waals surface area contributed by atoms with Gasteiger partial charge in [0.2, 0.25) is 10.0 Å². The lowest BCUT2D eigenvalue weighted by Crippen LogP contribution is -2.31. The molecule has 1 fully saturated rings. The number of nitrogens with one attached hydrogen (secondary N) is 1. The average Bonchev–Trinajstić information content (AvgIpc) is 2.40. The third-order valence-electron chi connectivity index (χ3n) is 4.28. The van der Waals surface area contributed by atoms with Crippen LogP contribution in [0.4, 0.5) is 5.69 Å². The molecule has 0 aromatic heterocycles. The SMILES string of the molecule is CCC1CCCCC1Nc1ccc(C)c(S(N)(=O)=O)c1. The van der Waals surface area contributed by atoms with Crippen molar-refractivity contribution in [3.05, 3.63) is 23.8 Å². The summed E-state index contributed by atoms with van der Waals surface area (Å²) < 4.78 is 23.1. The van der Waals surface area contributed by atoms with Crippen LogP contribution in [0.2, 0.25) is 0 Å². The maximum atomic E-state index is 11.6. The van der Waals surface area contributed by atoms with Gasteiger partial charge in [-0.05, 0) is 43.4 Å². The number of primary sulfonamides is 1. The van der Waals surface area contributed by atoms with E-state index >= 15 is 0 Å². The lowest BCUT2D eigenvalue weighted by molar-refractivity contribution is 0.317. The molecule has 112 valence electrons. The molecule has 4 nitrogen and oxygen atoms in total. The highest BCUT2D eigenvalue weighted by Crippen LogP contribution is 2.30. The second-order valence-corrected chi connectivity index (χ2v) is 7.26. The number of aryl methyl sites for hydroxylation is 1. The van der Waals surface area contributed by atoms with Crippen LogP contribution >= 0.6 is 0 Å². The molecule has 2 atom stereocenters. The van der Waals surface area contributed by atoms with Crippen molar-refractivity contribution in [2.45, 2.75) is 56.9 Å². The summed E-state index contributed by atoms with van der Waals surface area (Å²) >= 11 is 0. The molecule has 0 saturated heterocycles. The van der Waals surface area contributed by atoms with E-state index in [0.29, 0.717) is 17.5 Å². The largest absolute Gasteiger partial charge is 0.382 e. The fraction of sp³-hybridized carbons (Fsp3) is 0.600. The van der Waals surface area contributed by atoms with Crippen LogP contribution in [0.1, 0.15) is 44.6 Å². The first kappa shape index (κ1) is 15.3. The first-order valence-corrected chi connectivity index (χ1v) is 8.86. The monoisotopic (exact) mass is 296 g/mol. The maximum absolute atomic E-state index is 11.6. The minimum Gasteiger partial charge on any atom is -0.382 e. The van der Waals surface area contributed by atoms with Crippen molar-refractivity contribution in [3.63, 3.8) is 0 Å². The number of hydrogen-bond acceptors (Lipinski definition) is 3. The number of rotatable bonds is 4. The third kappa shape index (κ3) is 3.52. The summed E-state index contributed by atoms with van der Waals surface area (Å²) in [6, 6.07) is 5.84. The summed E-state index contributed by atoms with van der Waals surface area (Å²) in [5.41, 5.74) is 1.54. The molecule has 1 aromatic carbocycles. The maximum Gasteiger partial charge on any atom is 0.238 e. The third-order valence-corrected chi connectivity index (χ3v) is 5.33. The quantitative estimate of drug-likeness (QED) is 0.897. The van der Waals surface area contributed by atoms with Crippen LogP contribution in [0.5, 0.6) is 0 Å². The van der Waals surface area contributed by atoms with Gasteiger partial charge in [-0.1, -0.05) is 32.3 Å². The molecule has 2 rings (SSSR count). The summed E-state index contributed by atoms with van der Waals surface area (Å²) in [7, 11) is -3.66. The molecule has 2 unspecified atom stereocenters. The van der Waals surface area contributed by atoms with Gasteiger partial charge < -0.3 is 5.32 Å². The van der Waals surface area contributed by atoms with Crippen molar-refractivity contribution in [2.24, 2.45) is 11.1 Å². The van der Waals surface area contributed by atoms with E-state index in [0.717, 1.165) is 18.5 Å². The molecule has 1 aliphatic carbocycles. The highest BCUT2D eigenvalue weighted by atomic mass is 32.2. The normalized spacial score (nSPS) is 23.6. The summed E-state index contributed by atoms with van der Waals surface area (Å²) in [6.45, 7) is 3.98. The molecule has 0 radical (unpaired) electrons. The zero-order chi connectivity index (χ0) is 14.8. The molecule has 1 saturated carbocycles. The molecule has 5 heteroatoms. The van der Waals surface area contributed by atoms with Crippen LogP contribution in [-0.2, 0) is 10.0 Å². The van der Waals surface area contributed by atoms with Crippen molar-refractivity contribution in [3.8, 4) is 0 Å². The minimum atomic E-state index is -3.66. The van der Waals surface area contributed by atoms with E-state index < -0.39 is 10.0 Å². The predicted molar refractivity (Wildman–Crippen MR) is 82.2 cm³/mol. The van der Waals surface area contributed by atoms with Crippen LogP contribution in [0.25, 0.3) is 0 Å². The standard InChI is InChI=1S/C15H24N2O2S/c1-3-12-6-4-5-7-14(12)17-13-9-8-11(2)15(10-13)20(16,18)19/h8-10,12,14,17H,3-7H2,1-2H3,(H2,16,18,19). The zero-order valence-electron chi connectivity index (χ0n) is 12.2. The Morgan fingerprint density at radius 2 is 2.00 bits per heavy atom. The lowest BCUT2D eigenvalue weighted by Gasteiger charge is -2.32. The smallest absolute Gasteiger partial charge is 0.238 e. The van der Waals surface area contributed by atoms with E-state index in [1.165, 1.54) is 19.3 Å². The predicted octanol–water partition coefficient (Wildman–Crippen LogP) is 3.02. The van der Waals surface area contributed by atoms with E-state index in [4.69, 9.17) is 5.14 Å². The first-order chi connectivity index (χ1) is 9.41. The second-order valence-electron chi connectivity index (χ2n) is 5.73. The summed E-state index contributed by atoms with van der Waals surface area (Å²) in [6.07, 6.45) is 6.10. The Morgan fingerprint density at radius 1 is 1.30 bits per heavy atom. The van der Waals surface area contributed by atoms with Crippen LogP contribution in [0.15, 0.2) is 23.1 Å².